The molecule has 0 saturated carbocycles. The maximum Gasteiger partial charge on any atom is 0.419 e. The minimum atomic E-state index is -4.57. The molecule has 164 valence electrons. The zero-order valence-electron chi connectivity index (χ0n) is 16.5. The molecule has 0 aliphatic carbocycles. The van der Waals surface area contributed by atoms with E-state index >= 15 is 0 Å². The monoisotopic (exact) mass is 460 g/mol. The van der Waals surface area contributed by atoms with Crippen LogP contribution in [0.3, 0.4) is 0 Å². The van der Waals surface area contributed by atoms with Gasteiger partial charge in [0.1, 0.15) is 5.75 Å². The van der Waals surface area contributed by atoms with Gasteiger partial charge in [0, 0.05) is 11.9 Å². The quantitative estimate of drug-likeness (QED) is 0.463. The molecule has 4 rings (SSSR count). The number of para-hydroxylation sites is 1. The van der Waals surface area contributed by atoms with Crippen LogP contribution in [0, 0.1) is 6.92 Å². The average Bonchev–Trinajstić information content (AvgIpc) is 3.22. The number of aromatic amines is 1. The van der Waals surface area contributed by atoms with E-state index in [-0.39, 0.29) is 18.4 Å². The van der Waals surface area contributed by atoms with Gasteiger partial charge in [-0.25, -0.2) is 9.97 Å². The molecule has 3 aromatic heterocycles. The molecule has 3 heterocycles. The van der Waals surface area contributed by atoms with Crippen LogP contribution in [0.25, 0.3) is 10.6 Å². The number of nitrogens with one attached hydrogen (secondary N) is 1. The van der Waals surface area contributed by atoms with Crippen molar-refractivity contribution in [1.82, 2.24) is 24.9 Å². The zero-order chi connectivity index (χ0) is 22.7. The minimum absolute atomic E-state index is 0.200. The van der Waals surface area contributed by atoms with Gasteiger partial charge in [-0.05, 0) is 25.1 Å². The largest absolute Gasteiger partial charge is 0.424 e. The van der Waals surface area contributed by atoms with Crippen molar-refractivity contribution in [3.8, 4) is 22.3 Å². The molecular formula is C20H15F3N6O2S. The first kappa shape index (κ1) is 21.6. The second kappa shape index (κ2) is 8.85. The first-order valence-corrected chi connectivity index (χ1v) is 9.98. The number of nitrogens with zero attached hydrogens (tertiary/aromatic N) is 5. The Kier molecular flexibility index (Phi) is 5.97. The van der Waals surface area contributed by atoms with Crippen LogP contribution >= 0.6 is 11.3 Å². The number of aliphatic hydroxyl groups is 1. The molecule has 8 nitrogen and oxygen atoms in total. The number of hydrogen-bond donors (Lipinski definition) is 2. The van der Waals surface area contributed by atoms with Crippen LogP contribution < -0.4 is 9.54 Å². The summed E-state index contributed by atoms with van der Waals surface area (Å²) < 4.78 is 45.1. The molecule has 0 atom stereocenters. The molecule has 0 fully saturated rings. The molecule has 32 heavy (non-hydrogen) atoms. The fraction of sp³-hybridized carbons (Fsp3) is 0.150. The molecule has 0 bridgehead atoms. The predicted molar refractivity (Wildman–Crippen MR) is 109 cm³/mol. The van der Waals surface area contributed by atoms with Crippen molar-refractivity contribution < 1.29 is 23.0 Å². The number of halogens is 3. The fourth-order valence-corrected chi connectivity index (χ4v) is 3.46. The molecule has 0 spiro atoms. The third-order valence-corrected chi connectivity index (χ3v) is 5.03. The molecular weight excluding hydrogens is 445 g/mol. The van der Waals surface area contributed by atoms with Crippen LogP contribution in [-0.2, 0) is 12.8 Å². The number of benzene rings is 1. The van der Waals surface area contributed by atoms with E-state index in [0.29, 0.717) is 32.6 Å². The number of aryl methyl sites for hydroxylation is 1. The van der Waals surface area contributed by atoms with Crippen LogP contribution in [0.2, 0.25) is 0 Å². The van der Waals surface area contributed by atoms with Crippen molar-refractivity contribution in [2.75, 3.05) is 0 Å². The standard InChI is InChI=1S/C20H15F3N6O2S/c1-11-6-14(16-8-26-19(32-16)29-17-9-24-12(10-30)7-25-17)28-18(27-11)31-15-5-3-2-4-13(15)20(21,22)23/h2-9,30H,10H2,1H3,(H,25,26,29). The summed E-state index contributed by atoms with van der Waals surface area (Å²) >= 11 is 1.26. The minimum Gasteiger partial charge on any atom is -0.424 e. The Labute approximate surface area is 183 Å². The lowest BCUT2D eigenvalue weighted by atomic mass is 10.2. The van der Waals surface area contributed by atoms with E-state index in [2.05, 4.69) is 29.9 Å². The van der Waals surface area contributed by atoms with Crippen molar-refractivity contribution in [3.63, 3.8) is 0 Å². The number of ether oxygens (including phenoxy) is 1. The number of aromatic nitrogens is 5. The fourth-order valence-electron chi connectivity index (χ4n) is 2.66. The number of hydrogen-bond acceptors (Lipinski definition) is 8. The van der Waals surface area contributed by atoms with E-state index in [1.165, 1.54) is 41.9 Å². The van der Waals surface area contributed by atoms with Crippen LogP contribution in [0.15, 0.2) is 53.9 Å². The van der Waals surface area contributed by atoms with Crippen molar-refractivity contribution in [1.29, 1.82) is 0 Å². The normalized spacial score (nSPS) is 12.2. The van der Waals surface area contributed by atoms with Gasteiger partial charge in [-0.1, -0.05) is 23.5 Å². The Morgan fingerprint density at radius 1 is 1.16 bits per heavy atom. The molecule has 4 aromatic rings. The molecule has 0 aliphatic heterocycles. The van der Waals surface area contributed by atoms with E-state index < -0.39 is 11.7 Å². The van der Waals surface area contributed by atoms with Gasteiger partial charge in [0.05, 0.1) is 40.8 Å². The first-order chi connectivity index (χ1) is 15.3. The van der Waals surface area contributed by atoms with E-state index in [1.807, 2.05) is 0 Å². The van der Waals surface area contributed by atoms with Crippen molar-refractivity contribution in [2.24, 2.45) is 4.99 Å². The second-order valence-corrected chi connectivity index (χ2v) is 7.50. The summed E-state index contributed by atoms with van der Waals surface area (Å²) in [7, 11) is 0. The Balaban J connectivity index is 1.64. The molecule has 2 N–H and O–H groups in total. The number of thiazole rings is 1. The maximum absolute atomic E-state index is 13.2. The van der Waals surface area contributed by atoms with E-state index in [9.17, 15) is 13.2 Å². The van der Waals surface area contributed by atoms with Gasteiger partial charge < -0.3 is 14.8 Å². The Hall–Kier alpha value is -3.64. The van der Waals surface area contributed by atoms with E-state index in [1.54, 1.807) is 19.2 Å². The summed E-state index contributed by atoms with van der Waals surface area (Å²) in [4.78, 5) is 24.9. The number of alkyl halides is 3. The highest BCUT2D eigenvalue weighted by Crippen LogP contribution is 2.37. The Morgan fingerprint density at radius 2 is 1.97 bits per heavy atom. The first-order valence-electron chi connectivity index (χ1n) is 9.17. The Bertz CT molecular complexity index is 1300. The van der Waals surface area contributed by atoms with Crippen LogP contribution in [-0.4, -0.2) is 30.0 Å². The molecule has 0 saturated heterocycles. The molecule has 12 heteroatoms. The highest BCUT2D eigenvalue weighted by molar-refractivity contribution is 7.12. The summed E-state index contributed by atoms with van der Waals surface area (Å²) in [5.41, 5.74) is 0.495. The third kappa shape index (κ3) is 4.98. The van der Waals surface area contributed by atoms with Crippen LogP contribution in [0.1, 0.15) is 17.0 Å². The lowest BCUT2D eigenvalue weighted by molar-refractivity contribution is -0.138. The van der Waals surface area contributed by atoms with Crippen LogP contribution in [0.4, 0.5) is 19.0 Å². The molecule has 0 aliphatic rings. The summed E-state index contributed by atoms with van der Waals surface area (Å²) in [6.45, 7) is 1.47. The molecule has 0 amide bonds. The highest BCUT2D eigenvalue weighted by Gasteiger charge is 2.34. The van der Waals surface area contributed by atoms with Gasteiger partial charge in [0.25, 0.3) is 0 Å². The van der Waals surface area contributed by atoms with Gasteiger partial charge in [0.2, 0.25) is 0 Å². The molecule has 0 unspecified atom stereocenters. The number of rotatable bonds is 5. The summed E-state index contributed by atoms with van der Waals surface area (Å²) in [5, 5.41) is 9.03. The maximum atomic E-state index is 13.2. The van der Waals surface area contributed by atoms with Gasteiger partial charge >= 0.3 is 12.2 Å². The average molecular weight is 460 g/mol. The molecule has 0 radical (unpaired) electrons. The number of H-pyrrole nitrogens is 1. The van der Waals surface area contributed by atoms with Gasteiger partial charge in [-0.2, -0.15) is 23.1 Å². The number of aliphatic hydroxyl groups excluding tert-OH is 1. The molecule has 1 aromatic carbocycles. The highest BCUT2D eigenvalue weighted by atomic mass is 32.1. The van der Waals surface area contributed by atoms with E-state index in [4.69, 9.17) is 9.84 Å². The summed E-state index contributed by atoms with van der Waals surface area (Å²) in [6, 6.07) is 6.36. The van der Waals surface area contributed by atoms with E-state index in [0.717, 1.165) is 6.07 Å². The van der Waals surface area contributed by atoms with Gasteiger partial charge in [-0.15, -0.1) is 0 Å². The predicted octanol–water partition coefficient (Wildman–Crippen LogP) is 4.17. The van der Waals surface area contributed by atoms with Crippen molar-refractivity contribution in [3.05, 3.63) is 70.7 Å². The Morgan fingerprint density at radius 3 is 2.69 bits per heavy atom. The summed E-state index contributed by atoms with van der Waals surface area (Å²) in [6.07, 6.45) is -0.0595. The smallest absolute Gasteiger partial charge is 0.419 e. The summed E-state index contributed by atoms with van der Waals surface area (Å²) in [5.74, 6) is -0.0339. The van der Waals surface area contributed by atoms with Crippen LogP contribution in [0.5, 0.6) is 11.8 Å². The van der Waals surface area contributed by atoms with Gasteiger partial charge in [-0.3, -0.25) is 4.98 Å². The second-order valence-electron chi connectivity index (χ2n) is 6.47. The van der Waals surface area contributed by atoms with Gasteiger partial charge in [0.15, 0.2) is 10.6 Å². The van der Waals surface area contributed by atoms with Crippen molar-refractivity contribution >= 4 is 17.2 Å². The topological polar surface area (TPSA) is 109 Å². The zero-order valence-corrected chi connectivity index (χ0v) is 17.3. The van der Waals surface area contributed by atoms with Crippen molar-refractivity contribution in [2.45, 2.75) is 19.7 Å². The SMILES string of the molecule is Cc1cc(-c2c[nH]/c(=N/c3cnc(CO)cn3)s2)nc(Oc2ccccc2C(F)(F)F)n1. The lowest BCUT2D eigenvalue weighted by Gasteiger charge is -2.12. The third-order valence-electron chi connectivity index (χ3n) is 4.08. The lowest BCUT2D eigenvalue weighted by Crippen LogP contribution is -2.07.